The predicted octanol–water partition coefficient (Wildman–Crippen LogP) is 3.72. The molecule has 18 heavy (non-hydrogen) atoms. The Morgan fingerprint density at radius 3 is 2.83 bits per heavy atom. The minimum Gasteiger partial charge on any atom is -0.461 e. The molecule has 2 unspecified atom stereocenters. The van der Waals surface area contributed by atoms with Crippen molar-refractivity contribution in [2.24, 2.45) is 11.8 Å². The average Bonchev–Trinajstić information content (AvgIpc) is 2.86. The largest absolute Gasteiger partial charge is 0.461 e. The number of hydrogen-bond acceptors (Lipinski definition) is 2. The summed E-state index contributed by atoms with van der Waals surface area (Å²) in [5.74, 6) is 0.473. The molecule has 0 bridgehead atoms. The Labute approximate surface area is 109 Å². The topological polar surface area (TPSA) is 26.3 Å². The van der Waals surface area contributed by atoms with Gasteiger partial charge in [-0.3, -0.25) is 4.79 Å². The summed E-state index contributed by atoms with van der Waals surface area (Å²) in [5, 5.41) is 0. The maximum Gasteiger partial charge on any atom is 0.309 e. The van der Waals surface area contributed by atoms with E-state index in [1.807, 2.05) is 36.4 Å². The molecule has 0 spiro atoms. The third-order valence-corrected chi connectivity index (χ3v) is 3.66. The number of carbonyl (C=O) groups is 1. The molecule has 2 rings (SSSR count). The first-order chi connectivity index (χ1) is 8.81. The number of hydrogen-bond donors (Lipinski definition) is 0. The number of allylic oxidation sites excluding steroid dienone is 1. The molecule has 1 aliphatic carbocycles. The van der Waals surface area contributed by atoms with Crippen molar-refractivity contribution in [3.05, 3.63) is 48.6 Å². The SMILES string of the molecule is C=CCC1CCCC1C(=O)OCc1ccccc1. The van der Waals surface area contributed by atoms with Gasteiger partial charge in [0, 0.05) is 0 Å². The number of carbonyl (C=O) groups excluding carboxylic acids is 1. The van der Waals surface area contributed by atoms with Crippen molar-refractivity contribution in [2.45, 2.75) is 32.3 Å². The summed E-state index contributed by atoms with van der Waals surface area (Å²) in [6.45, 7) is 4.15. The van der Waals surface area contributed by atoms with Crippen LogP contribution in [0, 0.1) is 11.8 Å². The van der Waals surface area contributed by atoms with Crippen LogP contribution in [0.2, 0.25) is 0 Å². The number of esters is 1. The molecule has 2 heteroatoms. The highest BCUT2D eigenvalue weighted by molar-refractivity contribution is 5.73. The van der Waals surface area contributed by atoms with Crippen molar-refractivity contribution in [1.82, 2.24) is 0 Å². The van der Waals surface area contributed by atoms with E-state index in [4.69, 9.17) is 4.74 Å². The first-order valence-electron chi connectivity index (χ1n) is 6.62. The standard InChI is InChI=1S/C16H20O2/c1-2-7-14-10-6-11-15(14)16(17)18-12-13-8-4-3-5-9-13/h2-5,8-9,14-15H,1,6-7,10-12H2. The summed E-state index contributed by atoms with van der Waals surface area (Å²) < 4.78 is 5.42. The third kappa shape index (κ3) is 3.22. The lowest BCUT2D eigenvalue weighted by molar-refractivity contribution is -0.151. The van der Waals surface area contributed by atoms with Crippen LogP contribution in [-0.2, 0) is 16.1 Å². The van der Waals surface area contributed by atoms with Crippen LogP contribution in [0.1, 0.15) is 31.2 Å². The second-order valence-corrected chi connectivity index (χ2v) is 4.92. The lowest BCUT2D eigenvalue weighted by Crippen LogP contribution is -2.21. The van der Waals surface area contributed by atoms with Gasteiger partial charge >= 0.3 is 5.97 Å². The average molecular weight is 244 g/mol. The van der Waals surface area contributed by atoms with Crippen LogP contribution in [0.25, 0.3) is 0 Å². The smallest absolute Gasteiger partial charge is 0.309 e. The van der Waals surface area contributed by atoms with E-state index < -0.39 is 0 Å². The molecule has 0 heterocycles. The van der Waals surface area contributed by atoms with Gasteiger partial charge in [0.1, 0.15) is 6.61 Å². The first-order valence-corrected chi connectivity index (χ1v) is 6.62. The Morgan fingerprint density at radius 1 is 1.33 bits per heavy atom. The van der Waals surface area contributed by atoms with Crippen molar-refractivity contribution in [3.63, 3.8) is 0 Å². The molecule has 0 amide bonds. The molecule has 0 radical (unpaired) electrons. The quantitative estimate of drug-likeness (QED) is 0.583. The summed E-state index contributed by atoms with van der Waals surface area (Å²) in [6.07, 6.45) is 6.05. The van der Waals surface area contributed by atoms with Crippen molar-refractivity contribution in [3.8, 4) is 0 Å². The van der Waals surface area contributed by atoms with Crippen LogP contribution in [0.15, 0.2) is 43.0 Å². The molecular formula is C16H20O2. The first kappa shape index (κ1) is 12.9. The molecule has 96 valence electrons. The highest BCUT2D eigenvalue weighted by Crippen LogP contribution is 2.35. The Morgan fingerprint density at radius 2 is 2.11 bits per heavy atom. The van der Waals surface area contributed by atoms with Crippen molar-refractivity contribution >= 4 is 5.97 Å². The fraction of sp³-hybridized carbons (Fsp3) is 0.438. The van der Waals surface area contributed by atoms with Gasteiger partial charge in [-0.05, 0) is 30.7 Å². The Kier molecular flexibility index (Phi) is 4.57. The lowest BCUT2D eigenvalue weighted by atomic mass is 9.93. The fourth-order valence-electron chi connectivity index (χ4n) is 2.68. The molecule has 2 atom stereocenters. The van der Waals surface area contributed by atoms with Gasteiger partial charge in [-0.15, -0.1) is 6.58 Å². The second kappa shape index (κ2) is 6.39. The molecule has 0 aliphatic heterocycles. The highest BCUT2D eigenvalue weighted by atomic mass is 16.5. The van der Waals surface area contributed by atoms with E-state index in [1.54, 1.807) is 0 Å². The Bertz CT molecular complexity index is 397. The predicted molar refractivity (Wildman–Crippen MR) is 71.9 cm³/mol. The molecule has 1 fully saturated rings. The normalized spacial score (nSPS) is 22.7. The van der Waals surface area contributed by atoms with Gasteiger partial charge in [0.15, 0.2) is 0 Å². The number of benzene rings is 1. The summed E-state index contributed by atoms with van der Waals surface area (Å²) in [4.78, 5) is 12.0. The zero-order valence-corrected chi connectivity index (χ0v) is 10.7. The number of rotatable bonds is 5. The monoisotopic (exact) mass is 244 g/mol. The van der Waals surface area contributed by atoms with Gasteiger partial charge in [0.05, 0.1) is 5.92 Å². The molecule has 2 nitrogen and oxygen atoms in total. The van der Waals surface area contributed by atoms with Crippen molar-refractivity contribution in [1.29, 1.82) is 0 Å². The van der Waals surface area contributed by atoms with E-state index in [1.165, 1.54) is 0 Å². The number of ether oxygens (including phenoxy) is 1. The fourth-order valence-corrected chi connectivity index (χ4v) is 2.68. The van der Waals surface area contributed by atoms with E-state index in [9.17, 15) is 4.79 Å². The molecular weight excluding hydrogens is 224 g/mol. The minimum atomic E-state index is -0.0387. The van der Waals surface area contributed by atoms with Crippen LogP contribution in [0.3, 0.4) is 0 Å². The summed E-state index contributed by atoms with van der Waals surface area (Å²) in [6, 6.07) is 9.83. The molecule has 0 aromatic heterocycles. The van der Waals surface area contributed by atoms with E-state index >= 15 is 0 Å². The summed E-state index contributed by atoms with van der Waals surface area (Å²) in [5.41, 5.74) is 1.05. The van der Waals surface area contributed by atoms with Crippen molar-refractivity contribution in [2.75, 3.05) is 0 Å². The van der Waals surface area contributed by atoms with Crippen molar-refractivity contribution < 1.29 is 9.53 Å². The third-order valence-electron chi connectivity index (χ3n) is 3.66. The summed E-state index contributed by atoms with van der Waals surface area (Å²) >= 11 is 0. The van der Waals surface area contributed by atoms with Gasteiger partial charge < -0.3 is 4.74 Å². The Hall–Kier alpha value is -1.57. The molecule has 1 saturated carbocycles. The lowest BCUT2D eigenvalue weighted by Gasteiger charge is -2.16. The van der Waals surface area contributed by atoms with E-state index in [-0.39, 0.29) is 11.9 Å². The van der Waals surface area contributed by atoms with Gasteiger partial charge in [-0.2, -0.15) is 0 Å². The maximum absolute atomic E-state index is 12.0. The molecule has 1 aliphatic rings. The van der Waals surface area contributed by atoms with Crippen LogP contribution in [0.4, 0.5) is 0 Å². The zero-order valence-electron chi connectivity index (χ0n) is 10.7. The van der Waals surface area contributed by atoms with E-state index in [0.717, 1.165) is 31.2 Å². The highest BCUT2D eigenvalue weighted by Gasteiger charge is 2.33. The van der Waals surface area contributed by atoms with Crippen LogP contribution < -0.4 is 0 Å². The van der Waals surface area contributed by atoms with Crippen LogP contribution in [0.5, 0.6) is 0 Å². The van der Waals surface area contributed by atoms with Gasteiger partial charge in [-0.1, -0.05) is 42.8 Å². The molecule has 0 saturated heterocycles. The van der Waals surface area contributed by atoms with Crippen LogP contribution in [-0.4, -0.2) is 5.97 Å². The van der Waals surface area contributed by atoms with E-state index in [0.29, 0.717) is 12.5 Å². The van der Waals surface area contributed by atoms with Crippen LogP contribution >= 0.6 is 0 Å². The molecule has 0 N–H and O–H groups in total. The summed E-state index contributed by atoms with van der Waals surface area (Å²) in [7, 11) is 0. The Balaban J connectivity index is 1.86. The maximum atomic E-state index is 12.0. The molecule has 1 aromatic carbocycles. The van der Waals surface area contributed by atoms with E-state index in [2.05, 4.69) is 6.58 Å². The minimum absolute atomic E-state index is 0.0387. The zero-order chi connectivity index (χ0) is 12.8. The van der Waals surface area contributed by atoms with Gasteiger partial charge in [0.2, 0.25) is 0 Å². The van der Waals surface area contributed by atoms with Gasteiger partial charge in [-0.25, -0.2) is 0 Å². The van der Waals surface area contributed by atoms with Gasteiger partial charge in [0.25, 0.3) is 0 Å². The molecule has 1 aromatic rings. The second-order valence-electron chi connectivity index (χ2n) is 4.92.